The van der Waals surface area contributed by atoms with E-state index in [-0.39, 0.29) is 6.04 Å². The summed E-state index contributed by atoms with van der Waals surface area (Å²) < 4.78 is 6.19. The van der Waals surface area contributed by atoms with Crippen molar-refractivity contribution >= 4 is 0 Å². The summed E-state index contributed by atoms with van der Waals surface area (Å²) in [6.45, 7) is 5.38. The van der Waals surface area contributed by atoms with E-state index in [4.69, 9.17) is 10.5 Å². The first-order valence-corrected chi connectivity index (χ1v) is 9.95. The van der Waals surface area contributed by atoms with Crippen LogP contribution in [0.25, 0.3) is 0 Å². The third-order valence-electron chi connectivity index (χ3n) is 6.68. The van der Waals surface area contributed by atoms with Gasteiger partial charge in [0, 0.05) is 24.5 Å². The quantitative estimate of drug-likeness (QED) is 0.736. The molecule has 0 amide bonds. The molecule has 1 saturated heterocycles. The summed E-state index contributed by atoms with van der Waals surface area (Å²) in [5.74, 6) is 0. The van der Waals surface area contributed by atoms with E-state index < -0.39 is 29.3 Å². The monoisotopic (exact) mass is 382 g/mol. The highest BCUT2D eigenvalue weighted by molar-refractivity contribution is 5.28. The van der Waals surface area contributed by atoms with Gasteiger partial charge in [0.2, 0.25) is 0 Å². The first-order valence-electron chi connectivity index (χ1n) is 9.95. The van der Waals surface area contributed by atoms with Crippen molar-refractivity contribution in [2.45, 2.75) is 56.9 Å². The van der Waals surface area contributed by atoms with Crippen LogP contribution < -0.4 is 5.73 Å². The van der Waals surface area contributed by atoms with E-state index in [0.717, 1.165) is 11.1 Å². The molecule has 4 N–H and O–H groups in total. The van der Waals surface area contributed by atoms with Gasteiger partial charge in [-0.25, -0.2) is 0 Å². The number of ether oxygens (including phenoxy) is 1. The van der Waals surface area contributed by atoms with Gasteiger partial charge in [-0.1, -0.05) is 74.5 Å². The number of aliphatic hydroxyl groups excluding tert-OH is 1. The molecule has 0 radical (unpaired) electrons. The molecule has 0 aromatic heterocycles. The summed E-state index contributed by atoms with van der Waals surface area (Å²) in [4.78, 5) is 2.11. The summed E-state index contributed by atoms with van der Waals surface area (Å²) in [5.41, 5.74) is 6.78. The predicted molar refractivity (Wildman–Crippen MR) is 108 cm³/mol. The van der Waals surface area contributed by atoms with Crippen molar-refractivity contribution < 1.29 is 14.9 Å². The molecule has 2 aromatic rings. The van der Waals surface area contributed by atoms with Crippen LogP contribution in [-0.2, 0) is 17.9 Å². The van der Waals surface area contributed by atoms with Crippen molar-refractivity contribution in [3.05, 3.63) is 71.8 Å². The minimum Gasteiger partial charge on any atom is -0.391 e. The predicted octanol–water partition coefficient (Wildman–Crippen LogP) is 1.92. The van der Waals surface area contributed by atoms with Crippen molar-refractivity contribution in [2.75, 3.05) is 6.54 Å². The lowest BCUT2D eigenvalue weighted by Crippen LogP contribution is -2.88. The zero-order valence-corrected chi connectivity index (χ0v) is 16.5. The van der Waals surface area contributed by atoms with Crippen LogP contribution in [0.4, 0.5) is 0 Å². The van der Waals surface area contributed by atoms with Crippen LogP contribution in [0.5, 0.6) is 0 Å². The third kappa shape index (κ3) is 2.98. The number of aliphatic hydroxyl groups is 2. The molecule has 1 aliphatic heterocycles. The number of benzene rings is 2. The van der Waals surface area contributed by atoms with Gasteiger partial charge in [0.05, 0.1) is 18.8 Å². The summed E-state index contributed by atoms with van der Waals surface area (Å²) >= 11 is 0. The van der Waals surface area contributed by atoms with Gasteiger partial charge >= 0.3 is 0 Å². The Morgan fingerprint density at radius 1 is 1.04 bits per heavy atom. The van der Waals surface area contributed by atoms with Crippen LogP contribution in [0.1, 0.15) is 25.0 Å². The molecule has 150 valence electrons. The first kappa shape index (κ1) is 19.6. The Morgan fingerprint density at radius 2 is 1.61 bits per heavy atom. The van der Waals surface area contributed by atoms with Gasteiger partial charge < -0.3 is 20.7 Å². The van der Waals surface area contributed by atoms with Gasteiger partial charge in [-0.3, -0.25) is 4.90 Å². The van der Waals surface area contributed by atoms with E-state index in [1.165, 1.54) is 0 Å². The largest absolute Gasteiger partial charge is 0.391 e. The van der Waals surface area contributed by atoms with Crippen molar-refractivity contribution in [3.8, 4) is 0 Å². The van der Waals surface area contributed by atoms with Crippen LogP contribution in [-0.4, -0.2) is 51.6 Å². The average molecular weight is 383 g/mol. The van der Waals surface area contributed by atoms with E-state index >= 15 is 0 Å². The topological polar surface area (TPSA) is 79.0 Å². The number of rotatable bonds is 5. The summed E-state index contributed by atoms with van der Waals surface area (Å²) in [7, 11) is 0. The lowest BCUT2D eigenvalue weighted by atomic mass is 9.48. The summed E-state index contributed by atoms with van der Waals surface area (Å²) in [6, 6.07) is 19.2. The maximum atomic E-state index is 11.8. The molecular formula is C23H30N2O3. The first-order chi connectivity index (χ1) is 13.4. The minimum absolute atomic E-state index is 0.347. The van der Waals surface area contributed by atoms with Crippen LogP contribution in [0.2, 0.25) is 0 Å². The second-order valence-corrected chi connectivity index (χ2v) is 8.73. The molecule has 2 fully saturated rings. The molecule has 0 bridgehead atoms. The maximum absolute atomic E-state index is 11.8. The van der Waals surface area contributed by atoms with E-state index in [1.807, 2.05) is 62.4 Å². The number of hydrogen-bond acceptors (Lipinski definition) is 5. The van der Waals surface area contributed by atoms with E-state index in [9.17, 15) is 10.2 Å². The number of nitrogens with two attached hydrogens (primary N) is 1. The molecule has 0 spiro atoms. The lowest BCUT2D eigenvalue weighted by molar-refractivity contribution is -0.340. The fourth-order valence-electron chi connectivity index (χ4n) is 4.97. The molecule has 2 aromatic carbocycles. The maximum Gasteiger partial charge on any atom is 0.118 e. The Hall–Kier alpha value is -1.76. The van der Waals surface area contributed by atoms with Gasteiger partial charge in [0.1, 0.15) is 11.7 Å². The second-order valence-electron chi connectivity index (χ2n) is 8.73. The molecule has 5 heteroatoms. The average Bonchev–Trinajstić information content (AvgIpc) is 2.69. The van der Waals surface area contributed by atoms with Crippen LogP contribution in [0, 0.1) is 5.41 Å². The van der Waals surface area contributed by atoms with Gasteiger partial charge in [-0.2, -0.15) is 0 Å². The lowest BCUT2D eigenvalue weighted by Gasteiger charge is -2.70. The highest BCUT2D eigenvalue weighted by Crippen LogP contribution is 2.57. The molecule has 1 saturated carbocycles. The molecule has 1 aliphatic carbocycles. The molecule has 5 atom stereocenters. The number of likely N-dealkylation sites (tertiary alicyclic amines) is 1. The van der Waals surface area contributed by atoms with Crippen LogP contribution in [0.15, 0.2) is 60.7 Å². The highest BCUT2D eigenvalue weighted by Gasteiger charge is 2.74. The van der Waals surface area contributed by atoms with E-state index in [2.05, 4.69) is 17.0 Å². The highest BCUT2D eigenvalue weighted by atomic mass is 16.5. The molecule has 1 heterocycles. The number of fused-ring (bicyclic) bond motifs is 1. The van der Waals surface area contributed by atoms with Crippen LogP contribution >= 0.6 is 0 Å². The third-order valence-corrected chi connectivity index (χ3v) is 6.68. The van der Waals surface area contributed by atoms with E-state index in [1.54, 1.807) is 0 Å². The summed E-state index contributed by atoms with van der Waals surface area (Å²) in [5, 5.41) is 22.7. The van der Waals surface area contributed by atoms with Gasteiger partial charge in [0.15, 0.2) is 0 Å². The smallest absolute Gasteiger partial charge is 0.118 e. The standard InChI is InChI=1S/C23H30N2O3/c1-22(2)20(26)19-23(22,27)21(28-15-17-11-7-4-8-12-17)18(24)14-25(19)13-16-9-5-3-6-10-16/h3-12,18-21,26-27H,13-15,24H2,1-2H3/t18-,19+,20?,21+,23+/m0/s1. The zero-order valence-electron chi connectivity index (χ0n) is 16.5. The minimum atomic E-state index is -1.21. The zero-order chi connectivity index (χ0) is 19.9. The Balaban J connectivity index is 1.58. The molecule has 2 aliphatic rings. The van der Waals surface area contributed by atoms with Gasteiger partial charge in [-0.05, 0) is 11.1 Å². The van der Waals surface area contributed by atoms with Crippen molar-refractivity contribution in [1.29, 1.82) is 0 Å². The van der Waals surface area contributed by atoms with Crippen molar-refractivity contribution in [1.82, 2.24) is 4.90 Å². The van der Waals surface area contributed by atoms with Gasteiger partial charge in [-0.15, -0.1) is 0 Å². The molecular weight excluding hydrogens is 352 g/mol. The van der Waals surface area contributed by atoms with Gasteiger partial charge in [0.25, 0.3) is 0 Å². The second kappa shape index (κ2) is 7.25. The Labute approximate surface area is 166 Å². The number of nitrogens with zero attached hydrogens (tertiary/aromatic N) is 1. The van der Waals surface area contributed by atoms with E-state index in [0.29, 0.717) is 19.7 Å². The molecule has 28 heavy (non-hydrogen) atoms. The normalized spacial score (nSPS) is 34.5. The van der Waals surface area contributed by atoms with Crippen molar-refractivity contribution in [3.63, 3.8) is 0 Å². The fourth-order valence-corrected chi connectivity index (χ4v) is 4.97. The Bertz CT molecular complexity index is 794. The SMILES string of the molecule is CC1(C)C(O)[C@H]2N(Cc3ccccc3)C[C@H](N)[C@@H](OCc3ccccc3)[C@]21O. The molecule has 5 nitrogen and oxygen atoms in total. The Morgan fingerprint density at radius 3 is 2.21 bits per heavy atom. The van der Waals surface area contributed by atoms with Crippen molar-refractivity contribution in [2.24, 2.45) is 11.1 Å². The number of hydrogen-bond donors (Lipinski definition) is 3. The summed E-state index contributed by atoms with van der Waals surface area (Å²) in [6.07, 6.45) is -1.18. The fraction of sp³-hybridized carbons (Fsp3) is 0.478. The molecule has 4 rings (SSSR count). The number of piperidine rings is 1. The molecule has 1 unspecified atom stereocenters. The Kier molecular flexibility index (Phi) is 5.06. The van der Waals surface area contributed by atoms with Crippen LogP contribution in [0.3, 0.4) is 0 Å².